The molecule has 4 nitrogen and oxygen atoms in total. The molecular formula is C26H17F4NO3. The maximum Gasteiger partial charge on any atom is 0.416 e. The number of aliphatic hydroxyl groups is 1. The Bertz CT molecular complexity index is 1310. The molecule has 1 aliphatic rings. The molecule has 34 heavy (non-hydrogen) atoms. The summed E-state index contributed by atoms with van der Waals surface area (Å²) in [4.78, 5) is 26.9. The van der Waals surface area contributed by atoms with E-state index in [1.807, 2.05) is 0 Å². The molecule has 3 aromatic rings. The van der Waals surface area contributed by atoms with Crippen molar-refractivity contribution in [3.63, 3.8) is 0 Å². The normalized spacial score (nSPS) is 16.5. The van der Waals surface area contributed by atoms with Gasteiger partial charge < -0.3 is 5.11 Å². The summed E-state index contributed by atoms with van der Waals surface area (Å²) >= 11 is 0. The topological polar surface area (TPSA) is 57.6 Å². The molecule has 4 rings (SSSR count). The van der Waals surface area contributed by atoms with Gasteiger partial charge in [0.25, 0.3) is 5.91 Å². The lowest BCUT2D eigenvalue weighted by Crippen LogP contribution is -2.31. The molecule has 1 atom stereocenters. The quantitative estimate of drug-likeness (QED) is 0.368. The smallest absolute Gasteiger partial charge is 0.416 e. The fraction of sp³-hybridized carbons (Fsp3) is 0.0769. The van der Waals surface area contributed by atoms with Crippen molar-refractivity contribution in [3.05, 3.63) is 119 Å². The summed E-state index contributed by atoms with van der Waals surface area (Å²) < 4.78 is 54.7. The number of carbonyl (C=O) groups is 2. The van der Waals surface area contributed by atoms with Crippen molar-refractivity contribution in [3.8, 4) is 0 Å². The monoisotopic (exact) mass is 467 g/mol. The fourth-order valence-electron chi connectivity index (χ4n) is 3.77. The third-order valence-corrected chi connectivity index (χ3v) is 5.35. The van der Waals surface area contributed by atoms with E-state index in [2.05, 4.69) is 0 Å². The van der Waals surface area contributed by atoms with E-state index < -0.39 is 46.6 Å². The summed E-state index contributed by atoms with van der Waals surface area (Å²) in [5.74, 6) is -3.63. The number of allylic oxidation sites excluding steroid dienone is 1. The molecule has 1 unspecified atom stereocenters. The lowest BCUT2D eigenvalue weighted by atomic mass is 9.94. The molecule has 172 valence electrons. The molecule has 0 fully saturated rings. The number of carbonyl (C=O) groups excluding carboxylic acids is 2. The van der Waals surface area contributed by atoms with E-state index >= 15 is 0 Å². The highest BCUT2D eigenvalue weighted by Crippen LogP contribution is 2.43. The first-order valence-electron chi connectivity index (χ1n) is 10.1. The summed E-state index contributed by atoms with van der Waals surface area (Å²) in [6.07, 6.45) is -2.12. The fourth-order valence-corrected chi connectivity index (χ4v) is 3.77. The molecule has 0 bridgehead atoms. The van der Waals surface area contributed by atoms with Crippen LogP contribution < -0.4 is 4.90 Å². The van der Waals surface area contributed by atoms with Crippen LogP contribution in [-0.4, -0.2) is 16.8 Å². The van der Waals surface area contributed by atoms with E-state index in [9.17, 15) is 32.3 Å². The maximum absolute atomic E-state index is 14.8. The summed E-state index contributed by atoms with van der Waals surface area (Å²) in [7, 11) is 0. The Morgan fingerprint density at radius 2 is 1.62 bits per heavy atom. The van der Waals surface area contributed by atoms with Gasteiger partial charge >= 0.3 is 6.18 Å². The van der Waals surface area contributed by atoms with Gasteiger partial charge in [-0.3, -0.25) is 14.5 Å². The Morgan fingerprint density at radius 3 is 2.29 bits per heavy atom. The number of rotatable bonds is 5. The molecule has 1 aliphatic heterocycles. The van der Waals surface area contributed by atoms with Crippen molar-refractivity contribution in [2.24, 2.45) is 0 Å². The molecule has 0 saturated carbocycles. The number of benzene rings is 3. The van der Waals surface area contributed by atoms with Crippen LogP contribution in [0.2, 0.25) is 0 Å². The van der Waals surface area contributed by atoms with Crippen molar-refractivity contribution in [1.82, 2.24) is 0 Å². The number of hydrogen-bond acceptors (Lipinski definition) is 3. The van der Waals surface area contributed by atoms with Crippen LogP contribution in [0.15, 0.2) is 96.3 Å². The zero-order valence-electron chi connectivity index (χ0n) is 17.5. The highest BCUT2D eigenvalue weighted by Gasteiger charge is 2.45. The molecule has 0 aromatic heterocycles. The lowest BCUT2D eigenvalue weighted by molar-refractivity contribution is -0.137. The molecule has 1 amide bonds. The molecular weight excluding hydrogens is 450 g/mol. The number of aliphatic hydroxyl groups excluding tert-OH is 1. The summed E-state index contributed by atoms with van der Waals surface area (Å²) in [5.41, 5.74) is -1.19. The average molecular weight is 467 g/mol. The van der Waals surface area contributed by atoms with Crippen molar-refractivity contribution in [2.45, 2.75) is 12.2 Å². The zero-order chi connectivity index (χ0) is 24.5. The van der Waals surface area contributed by atoms with Crippen molar-refractivity contribution in [2.75, 3.05) is 4.90 Å². The molecule has 1 N–H and O–H groups in total. The maximum atomic E-state index is 14.8. The van der Waals surface area contributed by atoms with Crippen LogP contribution in [0.5, 0.6) is 0 Å². The van der Waals surface area contributed by atoms with Gasteiger partial charge in [0.1, 0.15) is 5.82 Å². The summed E-state index contributed by atoms with van der Waals surface area (Å²) in [6, 6.07) is 16.4. The first-order valence-corrected chi connectivity index (χ1v) is 10.1. The highest BCUT2D eigenvalue weighted by molar-refractivity contribution is 6.19. The minimum absolute atomic E-state index is 0.145. The molecule has 0 aliphatic carbocycles. The standard InChI is InChI=1S/C26H17F4NO3/c27-20-12-5-4-11-19(20)23-22(21(32)14-13-16-7-2-1-3-8-16)24(33)25(34)31(23)18-10-6-9-17(15-18)26(28,29)30/h1-15,23,33H. The van der Waals surface area contributed by atoms with E-state index in [-0.39, 0.29) is 11.3 Å². The predicted octanol–water partition coefficient (Wildman–Crippen LogP) is 6.03. The van der Waals surface area contributed by atoms with Crippen molar-refractivity contribution >= 4 is 23.5 Å². The number of halogens is 4. The first kappa shape index (κ1) is 23.0. The number of amides is 1. The average Bonchev–Trinajstić information content (AvgIpc) is 3.08. The summed E-state index contributed by atoms with van der Waals surface area (Å²) in [5, 5.41) is 10.6. The van der Waals surface area contributed by atoms with Crippen LogP contribution in [0, 0.1) is 5.82 Å². The second-order valence-electron chi connectivity index (χ2n) is 7.52. The van der Waals surface area contributed by atoms with Crippen LogP contribution in [0.4, 0.5) is 23.2 Å². The largest absolute Gasteiger partial charge is 0.503 e. The zero-order valence-corrected chi connectivity index (χ0v) is 17.5. The predicted molar refractivity (Wildman–Crippen MR) is 118 cm³/mol. The Labute approximate surface area is 192 Å². The molecule has 8 heteroatoms. The number of hydrogen-bond donors (Lipinski definition) is 1. The van der Waals surface area contributed by atoms with Gasteiger partial charge in [0.15, 0.2) is 11.5 Å². The van der Waals surface area contributed by atoms with Crippen molar-refractivity contribution < 1.29 is 32.3 Å². The summed E-state index contributed by atoms with van der Waals surface area (Å²) in [6.45, 7) is 0. The molecule has 0 radical (unpaired) electrons. The number of ketones is 1. The van der Waals surface area contributed by atoms with Gasteiger partial charge in [0, 0.05) is 11.3 Å². The van der Waals surface area contributed by atoms with E-state index in [0.717, 1.165) is 29.2 Å². The van der Waals surface area contributed by atoms with E-state index in [4.69, 9.17) is 0 Å². The van der Waals surface area contributed by atoms with E-state index in [0.29, 0.717) is 11.6 Å². The third kappa shape index (κ3) is 4.34. The van der Waals surface area contributed by atoms with Gasteiger partial charge in [0.05, 0.1) is 17.2 Å². The number of alkyl halides is 3. The van der Waals surface area contributed by atoms with Crippen molar-refractivity contribution in [1.29, 1.82) is 0 Å². The van der Waals surface area contributed by atoms with Crippen LogP contribution in [0.25, 0.3) is 6.08 Å². The highest BCUT2D eigenvalue weighted by atomic mass is 19.4. The van der Waals surface area contributed by atoms with Crippen LogP contribution in [0.3, 0.4) is 0 Å². The number of nitrogens with zero attached hydrogens (tertiary/aromatic N) is 1. The van der Waals surface area contributed by atoms with Gasteiger partial charge in [-0.1, -0.05) is 60.7 Å². The Kier molecular flexibility index (Phi) is 6.06. The second-order valence-corrected chi connectivity index (χ2v) is 7.52. The molecule has 0 spiro atoms. The van der Waals surface area contributed by atoms with Crippen LogP contribution >= 0.6 is 0 Å². The van der Waals surface area contributed by atoms with E-state index in [1.54, 1.807) is 30.3 Å². The Balaban J connectivity index is 1.83. The van der Waals surface area contributed by atoms with Crippen LogP contribution in [0.1, 0.15) is 22.7 Å². The second kappa shape index (κ2) is 8.97. The van der Waals surface area contributed by atoms with Gasteiger partial charge in [-0.25, -0.2) is 4.39 Å². The minimum atomic E-state index is -4.70. The van der Waals surface area contributed by atoms with Gasteiger partial charge in [0.2, 0.25) is 0 Å². The Hall–Kier alpha value is -4.20. The lowest BCUT2D eigenvalue weighted by Gasteiger charge is -2.27. The minimum Gasteiger partial charge on any atom is -0.503 e. The molecule has 0 saturated heterocycles. The molecule has 3 aromatic carbocycles. The van der Waals surface area contributed by atoms with Gasteiger partial charge in [-0.2, -0.15) is 13.2 Å². The first-order chi connectivity index (χ1) is 16.2. The van der Waals surface area contributed by atoms with E-state index in [1.165, 1.54) is 30.3 Å². The third-order valence-electron chi connectivity index (χ3n) is 5.35. The molecule has 1 heterocycles. The van der Waals surface area contributed by atoms with Crippen LogP contribution in [-0.2, 0) is 15.8 Å². The number of anilines is 1. The van der Waals surface area contributed by atoms with Gasteiger partial charge in [-0.05, 0) is 35.9 Å². The van der Waals surface area contributed by atoms with Gasteiger partial charge in [-0.15, -0.1) is 0 Å². The SMILES string of the molecule is O=C(C=Cc1ccccc1)C1=C(O)C(=O)N(c2cccc(C(F)(F)F)c2)C1c1ccccc1F. The Morgan fingerprint density at radius 1 is 0.941 bits per heavy atom.